The molecule has 0 aliphatic carbocycles. The van der Waals surface area contributed by atoms with E-state index in [0.29, 0.717) is 41.1 Å². The van der Waals surface area contributed by atoms with Crippen LogP contribution in [0.4, 0.5) is 10.1 Å². The molecule has 0 spiro atoms. The van der Waals surface area contributed by atoms with Crippen LogP contribution < -0.4 is 14.8 Å². The number of amides is 1. The normalized spacial score (nSPS) is 10.6. The van der Waals surface area contributed by atoms with Gasteiger partial charge in [0, 0.05) is 48.1 Å². The van der Waals surface area contributed by atoms with Crippen LogP contribution in [0.1, 0.15) is 17.9 Å². The highest BCUT2D eigenvalue weighted by molar-refractivity contribution is 5.91. The van der Waals surface area contributed by atoms with Gasteiger partial charge in [0.05, 0.1) is 7.11 Å². The number of carbonyl (C=O) groups excluding carboxylic acids is 1. The highest BCUT2D eigenvalue weighted by Gasteiger charge is 2.13. The van der Waals surface area contributed by atoms with Crippen molar-refractivity contribution >= 4 is 11.6 Å². The van der Waals surface area contributed by atoms with Crippen LogP contribution in [-0.2, 0) is 17.8 Å². The molecular formula is C24H21FN4O4. The Morgan fingerprint density at radius 1 is 1.12 bits per heavy atom. The number of pyridine rings is 1. The number of benzene rings is 2. The van der Waals surface area contributed by atoms with E-state index in [2.05, 4.69) is 20.4 Å². The zero-order valence-corrected chi connectivity index (χ0v) is 17.8. The van der Waals surface area contributed by atoms with Crippen LogP contribution in [0.5, 0.6) is 11.5 Å². The molecule has 0 saturated carbocycles. The lowest BCUT2D eigenvalue weighted by molar-refractivity contribution is -0.116. The molecule has 2 aromatic carbocycles. The van der Waals surface area contributed by atoms with Crippen molar-refractivity contribution in [1.82, 2.24) is 15.1 Å². The average Bonchev–Trinajstić information content (AvgIpc) is 3.32. The maximum absolute atomic E-state index is 13.1. The Morgan fingerprint density at radius 2 is 1.97 bits per heavy atom. The molecule has 2 heterocycles. The molecule has 0 saturated heterocycles. The van der Waals surface area contributed by atoms with Crippen molar-refractivity contribution in [3.05, 3.63) is 84.3 Å². The second-order valence-electron chi connectivity index (χ2n) is 7.08. The fourth-order valence-corrected chi connectivity index (χ4v) is 3.03. The van der Waals surface area contributed by atoms with E-state index in [4.69, 9.17) is 14.0 Å². The molecule has 0 fully saturated rings. The quantitative estimate of drug-likeness (QED) is 0.404. The summed E-state index contributed by atoms with van der Waals surface area (Å²) < 4.78 is 29.4. The maximum atomic E-state index is 13.1. The van der Waals surface area contributed by atoms with E-state index in [1.807, 2.05) is 12.1 Å². The van der Waals surface area contributed by atoms with E-state index in [1.54, 1.807) is 49.8 Å². The van der Waals surface area contributed by atoms with Crippen molar-refractivity contribution in [3.63, 3.8) is 0 Å². The van der Waals surface area contributed by atoms with Gasteiger partial charge in [0.25, 0.3) is 0 Å². The van der Waals surface area contributed by atoms with Gasteiger partial charge in [0.15, 0.2) is 11.5 Å². The molecule has 0 aliphatic heterocycles. The minimum atomic E-state index is -0.344. The van der Waals surface area contributed by atoms with Crippen molar-refractivity contribution in [2.24, 2.45) is 0 Å². The molecular weight excluding hydrogens is 427 g/mol. The third kappa shape index (κ3) is 5.91. The minimum Gasteiger partial charge on any atom is -0.493 e. The van der Waals surface area contributed by atoms with Gasteiger partial charge in [-0.2, -0.15) is 4.98 Å². The molecule has 0 unspecified atom stereocenters. The maximum Gasteiger partial charge on any atom is 0.227 e. The molecule has 0 radical (unpaired) electrons. The van der Waals surface area contributed by atoms with Crippen LogP contribution in [-0.4, -0.2) is 28.1 Å². The first-order chi connectivity index (χ1) is 16.1. The lowest BCUT2D eigenvalue weighted by Crippen LogP contribution is -2.12. The summed E-state index contributed by atoms with van der Waals surface area (Å²) in [4.78, 5) is 20.7. The van der Waals surface area contributed by atoms with Crippen LogP contribution >= 0.6 is 0 Å². The van der Waals surface area contributed by atoms with Crippen molar-refractivity contribution in [3.8, 4) is 22.9 Å². The summed E-state index contributed by atoms with van der Waals surface area (Å²) in [6, 6.07) is 14.7. The number of aryl methyl sites for hydroxylation is 1. The Balaban J connectivity index is 1.34. The molecule has 0 atom stereocenters. The fourth-order valence-electron chi connectivity index (χ4n) is 3.03. The molecule has 168 valence electrons. The van der Waals surface area contributed by atoms with Crippen LogP contribution in [0.3, 0.4) is 0 Å². The third-order valence-electron chi connectivity index (χ3n) is 4.70. The Labute approximate surface area is 189 Å². The average molecular weight is 448 g/mol. The van der Waals surface area contributed by atoms with Crippen molar-refractivity contribution in [1.29, 1.82) is 0 Å². The van der Waals surface area contributed by atoms with Gasteiger partial charge < -0.3 is 19.3 Å². The van der Waals surface area contributed by atoms with E-state index in [9.17, 15) is 9.18 Å². The summed E-state index contributed by atoms with van der Waals surface area (Å²) in [6.45, 7) is 0.315. The SMILES string of the molecule is COc1ccc(NC(=O)CCc2nc(-c3ccc(F)cc3)no2)cc1OCc1cccnc1. The van der Waals surface area contributed by atoms with Gasteiger partial charge in [0.1, 0.15) is 12.4 Å². The number of methoxy groups -OCH3 is 1. The summed E-state index contributed by atoms with van der Waals surface area (Å²) in [6.07, 6.45) is 3.82. The second kappa shape index (κ2) is 10.4. The summed E-state index contributed by atoms with van der Waals surface area (Å²) in [5.41, 5.74) is 2.11. The second-order valence-corrected chi connectivity index (χ2v) is 7.08. The molecule has 0 aliphatic rings. The first kappa shape index (κ1) is 21.9. The first-order valence-corrected chi connectivity index (χ1v) is 10.2. The largest absolute Gasteiger partial charge is 0.493 e. The van der Waals surface area contributed by atoms with E-state index in [-0.39, 0.29) is 24.6 Å². The lowest BCUT2D eigenvalue weighted by atomic mass is 10.2. The number of carbonyl (C=O) groups is 1. The smallest absolute Gasteiger partial charge is 0.227 e. The Hall–Kier alpha value is -4.27. The Morgan fingerprint density at radius 3 is 2.73 bits per heavy atom. The lowest BCUT2D eigenvalue weighted by Gasteiger charge is -2.13. The molecule has 4 aromatic rings. The van der Waals surface area contributed by atoms with Crippen molar-refractivity contribution in [2.45, 2.75) is 19.4 Å². The van der Waals surface area contributed by atoms with Gasteiger partial charge in [0.2, 0.25) is 17.6 Å². The van der Waals surface area contributed by atoms with E-state index < -0.39 is 0 Å². The van der Waals surface area contributed by atoms with Crippen LogP contribution in [0.15, 0.2) is 71.5 Å². The number of hydrogen-bond donors (Lipinski definition) is 1. The molecule has 1 amide bonds. The van der Waals surface area contributed by atoms with Gasteiger partial charge in [-0.1, -0.05) is 11.2 Å². The van der Waals surface area contributed by atoms with Gasteiger partial charge in [-0.3, -0.25) is 9.78 Å². The monoisotopic (exact) mass is 448 g/mol. The van der Waals surface area contributed by atoms with E-state index in [1.165, 1.54) is 12.1 Å². The number of rotatable bonds is 9. The Kier molecular flexibility index (Phi) is 6.89. The third-order valence-corrected chi connectivity index (χ3v) is 4.70. The highest BCUT2D eigenvalue weighted by Crippen LogP contribution is 2.31. The molecule has 1 N–H and O–H groups in total. The first-order valence-electron chi connectivity index (χ1n) is 10.2. The minimum absolute atomic E-state index is 0.142. The zero-order chi connectivity index (χ0) is 23.0. The molecule has 0 bridgehead atoms. The van der Waals surface area contributed by atoms with E-state index >= 15 is 0 Å². The number of aromatic nitrogens is 3. The number of nitrogens with one attached hydrogen (secondary N) is 1. The van der Waals surface area contributed by atoms with Crippen LogP contribution in [0.2, 0.25) is 0 Å². The Bertz CT molecular complexity index is 1210. The number of halogens is 1. The topological polar surface area (TPSA) is 99.4 Å². The summed E-state index contributed by atoms with van der Waals surface area (Å²) in [5, 5.41) is 6.71. The van der Waals surface area contributed by atoms with Gasteiger partial charge in [-0.15, -0.1) is 0 Å². The van der Waals surface area contributed by atoms with Crippen molar-refractivity contribution < 1.29 is 23.2 Å². The molecule has 8 nitrogen and oxygen atoms in total. The molecule has 33 heavy (non-hydrogen) atoms. The van der Waals surface area contributed by atoms with Gasteiger partial charge in [-0.05, 0) is 42.5 Å². The standard InChI is InChI=1S/C24H21FN4O4/c1-31-20-9-8-19(13-21(20)32-15-16-3-2-12-26-14-16)27-22(30)10-11-23-28-24(29-33-23)17-4-6-18(25)7-5-17/h2-9,12-14H,10-11,15H2,1H3,(H,27,30). The van der Waals surface area contributed by atoms with Crippen LogP contribution in [0, 0.1) is 5.82 Å². The fraction of sp³-hybridized carbons (Fsp3) is 0.167. The number of ether oxygens (including phenoxy) is 2. The van der Waals surface area contributed by atoms with Gasteiger partial charge >= 0.3 is 0 Å². The summed E-state index contributed by atoms with van der Waals surface area (Å²) in [5.74, 6) is 1.15. The van der Waals surface area contributed by atoms with E-state index in [0.717, 1.165) is 5.56 Å². The van der Waals surface area contributed by atoms with Crippen molar-refractivity contribution in [2.75, 3.05) is 12.4 Å². The predicted octanol–water partition coefficient (Wildman–Crippen LogP) is 4.43. The molecule has 2 aromatic heterocycles. The van der Waals surface area contributed by atoms with Gasteiger partial charge in [-0.25, -0.2) is 4.39 Å². The van der Waals surface area contributed by atoms with Crippen LogP contribution in [0.25, 0.3) is 11.4 Å². The summed E-state index contributed by atoms with van der Waals surface area (Å²) in [7, 11) is 1.55. The molecule has 9 heteroatoms. The number of anilines is 1. The summed E-state index contributed by atoms with van der Waals surface area (Å²) >= 11 is 0. The highest BCUT2D eigenvalue weighted by atomic mass is 19.1. The zero-order valence-electron chi connectivity index (χ0n) is 17.8. The predicted molar refractivity (Wildman–Crippen MR) is 118 cm³/mol. The molecule has 4 rings (SSSR count). The number of nitrogens with zero attached hydrogens (tertiary/aromatic N) is 3. The number of hydrogen-bond acceptors (Lipinski definition) is 7.